The van der Waals surface area contributed by atoms with Crippen molar-refractivity contribution in [1.82, 2.24) is 15.2 Å². The number of halogens is 3. The Morgan fingerprint density at radius 2 is 1.92 bits per heavy atom. The van der Waals surface area contributed by atoms with Crippen LogP contribution in [0.2, 0.25) is 0 Å². The second-order valence-corrected chi connectivity index (χ2v) is 6.96. The molecule has 1 aromatic heterocycles. The van der Waals surface area contributed by atoms with Crippen LogP contribution in [-0.4, -0.2) is 35.5 Å². The first-order chi connectivity index (χ1) is 12.4. The third-order valence-corrected chi connectivity index (χ3v) is 4.92. The summed E-state index contributed by atoms with van der Waals surface area (Å²) in [6.07, 6.45) is -2.25. The number of carbonyl (C=O) groups is 1. The van der Waals surface area contributed by atoms with Crippen LogP contribution >= 0.6 is 11.3 Å². The lowest BCUT2D eigenvalue weighted by Gasteiger charge is -2.24. The summed E-state index contributed by atoms with van der Waals surface area (Å²) in [5, 5.41) is 6.05. The molecule has 0 spiro atoms. The molecule has 0 bridgehead atoms. The highest BCUT2D eigenvalue weighted by molar-refractivity contribution is 7.13. The SMILES string of the molecule is O=C(Nc1nc(C(F)(F)F)cs1)N[C@@H](CN1CCCC1)c1ccccc1. The number of amides is 2. The van der Waals surface area contributed by atoms with Gasteiger partial charge in [0.1, 0.15) is 0 Å². The summed E-state index contributed by atoms with van der Waals surface area (Å²) in [6.45, 7) is 2.62. The first-order valence-corrected chi connectivity index (χ1v) is 9.17. The van der Waals surface area contributed by atoms with Gasteiger partial charge in [-0.3, -0.25) is 5.32 Å². The number of anilines is 1. The Morgan fingerprint density at radius 1 is 1.23 bits per heavy atom. The number of carbonyl (C=O) groups excluding carboxylic acids is 1. The number of thiazole rings is 1. The highest BCUT2D eigenvalue weighted by atomic mass is 32.1. The number of urea groups is 1. The van der Waals surface area contributed by atoms with Gasteiger partial charge in [-0.05, 0) is 31.5 Å². The second-order valence-electron chi connectivity index (χ2n) is 6.11. The average molecular weight is 384 g/mol. The topological polar surface area (TPSA) is 57.3 Å². The van der Waals surface area contributed by atoms with Gasteiger partial charge in [-0.2, -0.15) is 13.2 Å². The van der Waals surface area contributed by atoms with Gasteiger partial charge in [0.25, 0.3) is 0 Å². The van der Waals surface area contributed by atoms with Crippen molar-refractivity contribution < 1.29 is 18.0 Å². The number of aromatic nitrogens is 1. The minimum atomic E-state index is -4.52. The first-order valence-electron chi connectivity index (χ1n) is 8.29. The molecule has 1 atom stereocenters. The Kier molecular flexibility index (Phi) is 5.77. The fourth-order valence-electron chi connectivity index (χ4n) is 2.90. The molecule has 0 radical (unpaired) electrons. The van der Waals surface area contributed by atoms with E-state index in [1.165, 1.54) is 0 Å². The van der Waals surface area contributed by atoms with Crippen LogP contribution in [0, 0.1) is 0 Å². The van der Waals surface area contributed by atoms with Crippen molar-refractivity contribution in [2.45, 2.75) is 25.1 Å². The zero-order chi connectivity index (χ0) is 18.6. The quantitative estimate of drug-likeness (QED) is 0.815. The molecule has 0 saturated carbocycles. The number of nitrogens with one attached hydrogen (secondary N) is 2. The van der Waals surface area contributed by atoms with Gasteiger partial charge >= 0.3 is 12.2 Å². The van der Waals surface area contributed by atoms with Crippen LogP contribution in [0.3, 0.4) is 0 Å². The Bertz CT molecular complexity index is 729. The lowest BCUT2D eigenvalue weighted by atomic mass is 10.1. The van der Waals surface area contributed by atoms with E-state index in [4.69, 9.17) is 0 Å². The summed E-state index contributed by atoms with van der Waals surface area (Å²) < 4.78 is 37.8. The molecule has 1 saturated heterocycles. The highest BCUT2D eigenvalue weighted by Crippen LogP contribution is 2.31. The Balaban J connectivity index is 1.65. The molecule has 5 nitrogen and oxygen atoms in total. The van der Waals surface area contributed by atoms with Crippen molar-refractivity contribution in [2.75, 3.05) is 25.0 Å². The largest absolute Gasteiger partial charge is 0.434 e. The van der Waals surface area contributed by atoms with E-state index in [0.717, 1.165) is 48.2 Å². The van der Waals surface area contributed by atoms with Crippen LogP contribution in [0.4, 0.5) is 23.1 Å². The summed E-state index contributed by atoms with van der Waals surface area (Å²) >= 11 is 0.747. The van der Waals surface area contributed by atoms with Gasteiger partial charge in [-0.1, -0.05) is 30.3 Å². The van der Waals surface area contributed by atoms with Gasteiger partial charge in [0.2, 0.25) is 0 Å². The van der Waals surface area contributed by atoms with Gasteiger partial charge < -0.3 is 10.2 Å². The van der Waals surface area contributed by atoms with Crippen molar-refractivity contribution in [3.8, 4) is 0 Å². The number of likely N-dealkylation sites (tertiary alicyclic amines) is 1. The molecule has 2 amide bonds. The molecule has 2 aromatic rings. The molecule has 2 heterocycles. The summed E-state index contributed by atoms with van der Waals surface area (Å²) in [7, 11) is 0. The smallest absolute Gasteiger partial charge is 0.330 e. The number of nitrogens with zero attached hydrogens (tertiary/aromatic N) is 2. The molecule has 0 aliphatic carbocycles. The predicted molar refractivity (Wildman–Crippen MR) is 94.1 cm³/mol. The van der Waals surface area contributed by atoms with Crippen LogP contribution in [0.25, 0.3) is 0 Å². The maximum atomic E-state index is 12.6. The molecule has 0 unspecified atom stereocenters. The van der Waals surface area contributed by atoms with E-state index in [-0.39, 0.29) is 11.2 Å². The number of rotatable bonds is 5. The minimum absolute atomic E-state index is 0.0807. The number of hydrogen-bond acceptors (Lipinski definition) is 4. The van der Waals surface area contributed by atoms with E-state index in [2.05, 4.69) is 20.5 Å². The molecular formula is C17H19F3N4OS. The van der Waals surface area contributed by atoms with Crippen LogP contribution in [0.15, 0.2) is 35.7 Å². The molecule has 2 N–H and O–H groups in total. The molecule has 1 aromatic carbocycles. The van der Waals surface area contributed by atoms with Crippen LogP contribution in [-0.2, 0) is 6.18 Å². The molecule has 26 heavy (non-hydrogen) atoms. The molecular weight excluding hydrogens is 365 g/mol. The normalized spacial score (nSPS) is 16.4. The van der Waals surface area contributed by atoms with Crippen molar-refractivity contribution in [3.05, 3.63) is 47.0 Å². The van der Waals surface area contributed by atoms with E-state index in [0.29, 0.717) is 6.54 Å². The summed E-state index contributed by atoms with van der Waals surface area (Å²) in [5.41, 5.74) is -0.0563. The third-order valence-electron chi connectivity index (χ3n) is 4.16. The summed E-state index contributed by atoms with van der Waals surface area (Å²) in [4.78, 5) is 18.0. The molecule has 140 valence electrons. The molecule has 9 heteroatoms. The zero-order valence-corrected chi connectivity index (χ0v) is 14.7. The van der Waals surface area contributed by atoms with Crippen molar-refractivity contribution in [3.63, 3.8) is 0 Å². The number of benzene rings is 1. The Hall–Kier alpha value is -2.13. The molecule has 1 aliphatic rings. The molecule has 3 rings (SSSR count). The van der Waals surface area contributed by atoms with Gasteiger partial charge in [0.05, 0.1) is 6.04 Å². The third kappa shape index (κ3) is 4.95. The summed E-state index contributed by atoms with van der Waals surface area (Å²) in [5.74, 6) is 0. The van der Waals surface area contributed by atoms with E-state index < -0.39 is 17.9 Å². The Morgan fingerprint density at radius 3 is 2.54 bits per heavy atom. The average Bonchev–Trinajstić information content (AvgIpc) is 3.26. The highest BCUT2D eigenvalue weighted by Gasteiger charge is 2.34. The zero-order valence-electron chi connectivity index (χ0n) is 13.9. The van der Waals surface area contributed by atoms with Gasteiger partial charge in [0, 0.05) is 11.9 Å². The van der Waals surface area contributed by atoms with Gasteiger partial charge in [-0.25, -0.2) is 9.78 Å². The van der Waals surface area contributed by atoms with Crippen molar-refractivity contribution in [1.29, 1.82) is 0 Å². The standard InChI is InChI=1S/C17H19F3N4OS/c18-17(19,20)14-11-26-16(22-14)23-15(25)21-13(10-24-8-4-5-9-24)12-6-2-1-3-7-12/h1-3,6-7,11,13H,4-5,8-10H2,(H2,21,22,23,25)/t13-/m0/s1. The van der Waals surface area contributed by atoms with E-state index in [1.807, 2.05) is 30.3 Å². The molecule has 1 fully saturated rings. The summed E-state index contributed by atoms with van der Waals surface area (Å²) in [6, 6.07) is 8.70. The predicted octanol–water partition coefficient (Wildman–Crippen LogP) is 4.12. The van der Waals surface area contributed by atoms with Gasteiger partial charge in [-0.15, -0.1) is 11.3 Å². The molecule has 1 aliphatic heterocycles. The number of hydrogen-bond donors (Lipinski definition) is 2. The maximum absolute atomic E-state index is 12.6. The van der Waals surface area contributed by atoms with Crippen LogP contribution in [0.1, 0.15) is 30.1 Å². The Labute approximate surface area is 153 Å². The fraction of sp³-hybridized carbons (Fsp3) is 0.412. The first kappa shape index (κ1) is 18.7. The lowest BCUT2D eigenvalue weighted by Crippen LogP contribution is -2.39. The van der Waals surface area contributed by atoms with Crippen LogP contribution in [0.5, 0.6) is 0 Å². The number of alkyl halides is 3. The van der Waals surface area contributed by atoms with Crippen molar-refractivity contribution >= 4 is 22.5 Å². The second kappa shape index (κ2) is 8.05. The van der Waals surface area contributed by atoms with Crippen LogP contribution < -0.4 is 10.6 Å². The van der Waals surface area contributed by atoms with E-state index in [9.17, 15) is 18.0 Å². The van der Waals surface area contributed by atoms with Crippen molar-refractivity contribution in [2.24, 2.45) is 0 Å². The van der Waals surface area contributed by atoms with E-state index in [1.54, 1.807) is 0 Å². The lowest BCUT2D eigenvalue weighted by molar-refractivity contribution is -0.140. The monoisotopic (exact) mass is 384 g/mol. The maximum Gasteiger partial charge on any atom is 0.434 e. The fourth-order valence-corrected chi connectivity index (χ4v) is 3.61. The van der Waals surface area contributed by atoms with E-state index >= 15 is 0 Å². The minimum Gasteiger partial charge on any atom is -0.330 e. The van der Waals surface area contributed by atoms with Gasteiger partial charge in [0.15, 0.2) is 10.8 Å².